The van der Waals surface area contributed by atoms with Gasteiger partial charge in [0.05, 0.1) is 25.6 Å². The summed E-state index contributed by atoms with van der Waals surface area (Å²) < 4.78 is 31.2. The summed E-state index contributed by atoms with van der Waals surface area (Å²) >= 11 is 0. The summed E-state index contributed by atoms with van der Waals surface area (Å²) in [5, 5.41) is 4.68. The summed E-state index contributed by atoms with van der Waals surface area (Å²) in [6.07, 6.45) is 0. The molecule has 0 heterocycles. The van der Waals surface area contributed by atoms with E-state index in [4.69, 9.17) is 13.8 Å². The third kappa shape index (κ3) is 3.52. The van der Waals surface area contributed by atoms with Crippen molar-refractivity contribution in [3.8, 4) is 16.9 Å². The molecule has 0 radical (unpaired) electrons. The van der Waals surface area contributed by atoms with E-state index in [1.54, 1.807) is 7.11 Å². The SMILES string of the molecule is CCOP(=O)(OCC)c1ccc2ccccc2c1-c1c(OC)ccc2ccccc12. The van der Waals surface area contributed by atoms with Crippen molar-refractivity contribution in [1.82, 2.24) is 0 Å². The zero-order valence-corrected chi connectivity index (χ0v) is 18.3. The van der Waals surface area contributed by atoms with E-state index >= 15 is 0 Å². The monoisotopic (exact) mass is 420 g/mol. The summed E-state index contributed by atoms with van der Waals surface area (Å²) in [6.45, 7) is 4.22. The first-order valence-corrected chi connectivity index (χ1v) is 11.6. The van der Waals surface area contributed by atoms with Gasteiger partial charge in [-0.05, 0) is 47.5 Å². The predicted octanol–water partition coefficient (Wildman–Crippen LogP) is 6.56. The molecule has 0 aliphatic carbocycles. The lowest BCUT2D eigenvalue weighted by atomic mass is 9.93. The van der Waals surface area contributed by atoms with Gasteiger partial charge in [0, 0.05) is 11.1 Å². The van der Waals surface area contributed by atoms with Crippen LogP contribution >= 0.6 is 7.60 Å². The summed E-state index contributed by atoms with van der Waals surface area (Å²) in [6, 6.07) is 24.0. The molecule has 0 atom stereocenters. The molecule has 4 aromatic carbocycles. The highest BCUT2D eigenvalue weighted by molar-refractivity contribution is 7.62. The van der Waals surface area contributed by atoms with E-state index in [0.29, 0.717) is 11.1 Å². The van der Waals surface area contributed by atoms with Crippen LogP contribution < -0.4 is 10.0 Å². The summed E-state index contributed by atoms with van der Waals surface area (Å²) in [7, 11) is -1.89. The number of methoxy groups -OCH3 is 1. The lowest BCUT2D eigenvalue weighted by Crippen LogP contribution is -2.14. The van der Waals surface area contributed by atoms with E-state index in [2.05, 4.69) is 12.1 Å². The van der Waals surface area contributed by atoms with Crippen LogP contribution in [0.15, 0.2) is 72.8 Å². The van der Waals surface area contributed by atoms with Crippen LogP contribution in [0.1, 0.15) is 13.8 Å². The molecule has 0 aromatic heterocycles. The number of ether oxygens (including phenoxy) is 1. The highest BCUT2D eigenvalue weighted by atomic mass is 31.2. The van der Waals surface area contributed by atoms with Gasteiger partial charge < -0.3 is 13.8 Å². The van der Waals surface area contributed by atoms with Crippen molar-refractivity contribution in [3.05, 3.63) is 72.8 Å². The van der Waals surface area contributed by atoms with Gasteiger partial charge in [-0.25, -0.2) is 0 Å². The first-order valence-electron chi connectivity index (χ1n) is 10.1. The van der Waals surface area contributed by atoms with Gasteiger partial charge in [0.15, 0.2) is 0 Å². The van der Waals surface area contributed by atoms with Gasteiger partial charge in [0.25, 0.3) is 0 Å². The zero-order chi connectivity index (χ0) is 21.1. The molecule has 0 N–H and O–H groups in total. The van der Waals surface area contributed by atoms with Crippen LogP contribution in [0.5, 0.6) is 5.75 Å². The highest BCUT2D eigenvalue weighted by Gasteiger charge is 2.32. The van der Waals surface area contributed by atoms with Gasteiger partial charge in [-0.2, -0.15) is 0 Å². The minimum atomic E-state index is -3.54. The number of benzene rings is 4. The van der Waals surface area contributed by atoms with Crippen LogP contribution in [0.3, 0.4) is 0 Å². The van der Waals surface area contributed by atoms with Crippen LogP contribution in [-0.2, 0) is 13.6 Å². The molecular formula is C25H25O4P. The molecule has 0 aliphatic rings. The van der Waals surface area contributed by atoms with Crippen LogP contribution in [0, 0.1) is 0 Å². The van der Waals surface area contributed by atoms with E-state index in [0.717, 1.165) is 32.7 Å². The van der Waals surface area contributed by atoms with Gasteiger partial charge >= 0.3 is 7.60 Å². The predicted molar refractivity (Wildman–Crippen MR) is 124 cm³/mol. The molecule has 30 heavy (non-hydrogen) atoms. The van der Waals surface area contributed by atoms with Crippen LogP contribution in [0.4, 0.5) is 0 Å². The Morgan fingerprint density at radius 3 is 1.80 bits per heavy atom. The Morgan fingerprint density at radius 2 is 1.23 bits per heavy atom. The summed E-state index contributed by atoms with van der Waals surface area (Å²) in [4.78, 5) is 0. The van der Waals surface area contributed by atoms with Gasteiger partial charge in [0.2, 0.25) is 0 Å². The molecule has 0 spiro atoms. The molecule has 0 amide bonds. The first-order chi connectivity index (χ1) is 14.6. The normalized spacial score (nSPS) is 11.8. The molecule has 0 fully saturated rings. The Bertz CT molecular complexity index is 1240. The molecule has 4 nitrogen and oxygen atoms in total. The maximum Gasteiger partial charge on any atom is 0.361 e. The number of hydrogen-bond acceptors (Lipinski definition) is 4. The fraction of sp³-hybridized carbons (Fsp3) is 0.200. The minimum absolute atomic E-state index is 0.288. The van der Waals surface area contributed by atoms with E-state index in [9.17, 15) is 4.57 Å². The second kappa shape index (κ2) is 8.61. The summed E-state index contributed by atoms with van der Waals surface area (Å²) in [5.41, 5.74) is 1.72. The van der Waals surface area contributed by atoms with E-state index in [-0.39, 0.29) is 13.2 Å². The largest absolute Gasteiger partial charge is 0.496 e. The fourth-order valence-corrected chi connectivity index (χ4v) is 5.74. The van der Waals surface area contributed by atoms with E-state index < -0.39 is 7.60 Å². The molecule has 0 unspecified atom stereocenters. The van der Waals surface area contributed by atoms with Crippen LogP contribution in [0.2, 0.25) is 0 Å². The Hall–Kier alpha value is -2.65. The maximum atomic E-state index is 13.9. The maximum absolute atomic E-state index is 13.9. The Morgan fingerprint density at radius 1 is 0.700 bits per heavy atom. The second-order valence-corrected chi connectivity index (χ2v) is 8.87. The average molecular weight is 420 g/mol. The highest BCUT2D eigenvalue weighted by Crippen LogP contribution is 2.52. The molecule has 5 heteroatoms. The Labute approximate surface area is 176 Å². The van der Waals surface area contributed by atoms with Crippen LogP contribution in [0.25, 0.3) is 32.7 Å². The van der Waals surface area contributed by atoms with Gasteiger partial charge in [-0.15, -0.1) is 0 Å². The standard InChI is InChI=1S/C25H25O4P/c1-4-28-30(26,29-5-2)23-17-15-19-11-7-9-13-21(19)25(23)24-20-12-8-6-10-18(20)14-16-22(24)27-3/h6-17H,4-5H2,1-3H3. The molecular weight excluding hydrogens is 395 g/mol. The zero-order valence-electron chi connectivity index (χ0n) is 17.4. The third-order valence-electron chi connectivity index (χ3n) is 5.16. The molecule has 4 rings (SSSR count). The lowest BCUT2D eigenvalue weighted by Gasteiger charge is -2.23. The number of hydrogen-bond donors (Lipinski definition) is 0. The molecule has 4 aromatic rings. The van der Waals surface area contributed by atoms with E-state index in [1.807, 2.05) is 74.5 Å². The lowest BCUT2D eigenvalue weighted by molar-refractivity contribution is 0.230. The molecule has 0 bridgehead atoms. The van der Waals surface area contributed by atoms with Crippen molar-refractivity contribution in [3.63, 3.8) is 0 Å². The van der Waals surface area contributed by atoms with Crippen molar-refractivity contribution in [2.24, 2.45) is 0 Å². The molecule has 0 aliphatic heterocycles. The first kappa shape index (κ1) is 20.6. The number of rotatable bonds is 7. The smallest absolute Gasteiger partial charge is 0.361 e. The van der Waals surface area contributed by atoms with Gasteiger partial charge in [0.1, 0.15) is 5.75 Å². The Kier molecular flexibility index (Phi) is 5.92. The molecule has 0 saturated heterocycles. The van der Waals surface area contributed by atoms with Crippen molar-refractivity contribution in [2.75, 3.05) is 20.3 Å². The third-order valence-corrected chi connectivity index (χ3v) is 7.32. The van der Waals surface area contributed by atoms with Crippen LogP contribution in [-0.4, -0.2) is 20.3 Å². The summed E-state index contributed by atoms with van der Waals surface area (Å²) in [5.74, 6) is 0.714. The number of fused-ring (bicyclic) bond motifs is 2. The van der Waals surface area contributed by atoms with Gasteiger partial charge in [-0.1, -0.05) is 60.7 Å². The second-order valence-electron chi connectivity index (χ2n) is 6.88. The van der Waals surface area contributed by atoms with Crippen molar-refractivity contribution in [1.29, 1.82) is 0 Å². The Balaban J connectivity index is 2.18. The topological polar surface area (TPSA) is 44.8 Å². The average Bonchev–Trinajstić information content (AvgIpc) is 2.78. The molecule has 0 saturated carbocycles. The van der Waals surface area contributed by atoms with Crippen molar-refractivity contribution in [2.45, 2.75) is 13.8 Å². The van der Waals surface area contributed by atoms with Gasteiger partial charge in [-0.3, -0.25) is 4.57 Å². The minimum Gasteiger partial charge on any atom is -0.496 e. The van der Waals surface area contributed by atoms with Crippen molar-refractivity contribution >= 4 is 34.4 Å². The van der Waals surface area contributed by atoms with E-state index in [1.165, 1.54) is 0 Å². The molecule has 154 valence electrons. The quantitative estimate of drug-likeness (QED) is 0.318. The fourth-order valence-electron chi connectivity index (χ4n) is 3.95. The van der Waals surface area contributed by atoms with Crippen molar-refractivity contribution < 1.29 is 18.3 Å².